The molecular formula is C12H13ClN2OS. The van der Waals surface area contributed by atoms with Crippen LogP contribution in [0, 0.1) is 0 Å². The maximum absolute atomic E-state index is 5.65. The van der Waals surface area contributed by atoms with Crippen LogP contribution in [0.1, 0.15) is 5.56 Å². The fraction of sp³-hybridized carbons (Fsp3) is 0.250. The van der Waals surface area contributed by atoms with Crippen LogP contribution < -0.4 is 10.1 Å². The van der Waals surface area contributed by atoms with E-state index in [1.54, 1.807) is 11.3 Å². The third kappa shape index (κ3) is 2.60. The summed E-state index contributed by atoms with van der Waals surface area (Å²) in [6, 6.07) is 6.33. The smallest absolute Gasteiger partial charge is 0.123 e. The van der Waals surface area contributed by atoms with Crippen molar-refractivity contribution in [3.63, 3.8) is 0 Å². The van der Waals surface area contributed by atoms with Crippen LogP contribution in [0.3, 0.4) is 0 Å². The standard InChI is InChI=1S/C12H12N2OS.ClH/c1-2-11-10(6-13-3-4-15-11)5-9(1)12-7-14-8-16-12;/h1-2,5,7-8,13H,3-4,6H2;1H. The zero-order valence-electron chi connectivity index (χ0n) is 9.18. The van der Waals surface area contributed by atoms with E-state index in [2.05, 4.69) is 28.5 Å². The molecule has 0 unspecified atom stereocenters. The van der Waals surface area contributed by atoms with Crippen LogP contribution in [0.5, 0.6) is 5.75 Å². The minimum atomic E-state index is 0. The summed E-state index contributed by atoms with van der Waals surface area (Å²) in [5.41, 5.74) is 4.30. The number of ether oxygens (including phenoxy) is 1. The molecule has 0 saturated heterocycles. The van der Waals surface area contributed by atoms with E-state index >= 15 is 0 Å². The van der Waals surface area contributed by atoms with E-state index in [4.69, 9.17) is 4.74 Å². The molecule has 2 heterocycles. The lowest BCUT2D eigenvalue weighted by Crippen LogP contribution is -2.16. The average Bonchev–Trinajstić information content (AvgIpc) is 2.74. The fourth-order valence-electron chi connectivity index (χ4n) is 1.83. The number of nitrogens with one attached hydrogen (secondary N) is 1. The molecule has 0 spiro atoms. The highest BCUT2D eigenvalue weighted by Gasteiger charge is 2.10. The number of aromatic nitrogens is 1. The first kappa shape index (κ1) is 12.4. The van der Waals surface area contributed by atoms with Crippen LogP contribution in [0.4, 0.5) is 0 Å². The quantitative estimate of drug-likeness (QED) is 0.864. The number of nitrogens with zero attached hydrogens (tertiary/aromatic N) is 1. The predicted molar refractivity (Wildman–Crippen MR) is 72.0 cm³/mol. The Morgan fingerprint density at radius 1 is 1.35 bits per heavy atom. The normalized spacial score (nSPS) is 14.1. The van der Waals surface area contributed by atoms with Crippen LogP contribution in [-0.4, -0.2) is 18.1 Å². The molecule has 0 saturated carbocycles. The van der Waals surface area contributed by atoms with Crippen molar-refractivity contribution in [1.82, 2.24) is 10.3 Å². The molecule has 1 aliphatic heterocycles. The first-order valence-electron chi connectivity index (χ1n) is 5.29. The summed E-state index contributed by atoms with van der Waals surface area (Å²) in [6.07, 6.45) is 1.90. The van der Waals surface area contributed by atoms with Gasteiger partial charge >= 0.3 is 0 Å². The number of hydrogen-bond donors (Lipinski definition) is 1. The van der Waals surface area contributed by atoms with Gasteiger partial charge in [-0.3, -0.25) is 4.98 Å². The van der Waals surface area contributed by atoms with E-state index in [0.29, 0.717) is 0 Å². The highest BCUT2D eigenvalue weighted by atomic mass is 35.5. The van der Waals surface area contributed by atoms with Crippen molar-refractivity contribution in [3.8, 4) is 16.2 Å². The van der Waals surface area contributed by atoms with Gasteiger partial charge in [0.15, 0.2) is 0 Å². The summed E-state index contributed by atoms with van der Waals surface area (Å²) in [6.45, 7) is 2.53. The minimum Gasteiger partial charge on any atom is -0.492 e. The topological polar surface area (TPSA) is 34.2 Å². The first-order chi connectivity index (χ1) is 7.93. The molecule has 3 rings (SSSR count). The fourth-order valence-corrected chi connectivity index (χ4v) is 2.45. The summed E-state index contributed by atoms with van der Waals surface area (Å²) in [4.78, 5) is 5.30. The molecule has 2 aromatic rings. The van der Waals surface area contributed by atoms with Gasteiger partial charge in [0.1, 0.15) is 12.4 Å². The molecule has 3 nitrogen and oxygen atoms in total. The van der Waals surface area contributed by atoms with E-state index in [0.717, 1.165) is 25.4 Å². The molecular weight excluding hydrogens is 256 g/mol. The second-order valence-corrected chi connectivity index (χ2v) is 4.60. The molecule has 1 aliphatic rings. The van der Waals surface area contributed by atoms with Crippen LogP contribution in [0.2, 0.25) is 0 Å². The van der Waals surface area contributed by atoms with Crippen molar-refractivity contribution in [2.75, 3.05) is 13.2 Å². The first-order valence-corrected chi connectivity index (χ1v) is 6.17. The van der Waals surface area contributed by atoms with Gasteiger partial charge in [-0.05, 0) is 23.8 Å². The van der Waals surface area contributed by atoms with E-state index in [1.807, 2.05) is 11.7 Å². The summed E-state index contributed by atoms with van der Waals surface area (Å²) < 4.78 is 5.65. The second-order valence-electron chi connectivity index (χ2n) is 3.71. The van der Waals surface area contributed by atoms with Gasteiger partial charge in [-0.1, -0.05) is 0 Å². The monoisotopic (exact) mass is 268 g/mol. The Kier molecular flexibility index (Phi) is 3.99. The molecule has 90 valence electrons. The number of rotatable bonds is 1. The molecule has 0 atom stereocenters. The Morgan fingerprint density at radius 2 is 2.29 bits per heavy atom. The predicted octanol–water partition coefficient (Wildman–Crippen LogP) is 2.71. The molecule has 1 N–H and O–H groups in total. The number of fused-ring (bicyclic) bond motifs is 1. The van der Waals surface area contributed by atoms with Crippen molar-refractivity contribution < 1.29 is 4.74 Å². The van der Waals surface area contributed by atoms with Gasteiger partial charge in [-0.25, -0.2) is 0 Å². The van der Waals surface area contributed by atoms with Crippen molar-refractivity contribution in [2.45, 2.75) is 6.54 Å². The van der Waals surface area contributed by atoms with Crippen molar-refractivity contribution >= 4 is 23.7 Å². The van der Waals surface area contributed by atoms with E-state index < -0.39 is 0 Å². The summed E-state index contributed by atoms with van der Waals surface area (Å²) in [5.74, 6) is 0.998. The van der Waals surface area contributed by atoms with Crippen molar-refractivity contribution in [2.24, 2.45) is 0 Å². The van der Waals surface area contributed by atoms with Crippen LogP contribution in [-0.2, 0) is 6.54 Å². The van der Waals surface area contributed by atoms with Crippen molar-refractivity contribution in [3.05, 3.63) is 35.5 Å². The van der Waals surface area contributed by atoms with Gasteiger partial charge in [-0.2, -0.15) is 0 Å². The molecule has 0 aliphatic carbocycles. The molecule has 5 heteroatoms. The number of benzene rings is 1. The number of halogens is 1. The summed E-state index contributed by atoms with van der Waals surface area (Å²) in [5, 5.41) is 3.34. The lowest BCUT2D eigenvalue weighted by Gasteiger charge is -2.07. The third-order valence-corrected chi connectivity index (χ3v) is 3.45. The Bertz CT molecular complexity index is 487. The Hall–Kier alpha value is -1.10. The highest BCUT2D eigenvalue weighted by Crippen LogP contribution is 2.29. The SMILES string of the molecule is Cl.c1ncc(-c2ccc3c(c2)CNCCO3)s1. The molecule has 1 aromatic heterocycles. The van der Waals surface area contributed by atoms with Gasteiger partial charge < -0.3 is 10.1 Å². The zero-order valence-corrected chi connectivity index (χ0v) is 10.8. The Labute approximate surface area is 110 Å². The minimum absolute atomic E-state index is 0. The zero-order chi connectivity index (χ0) is 10.8. The molecule has 0 bridgehead atoms. The summed E-state index contributed by atoms with van der Waals surface area (Å²) in [7, 11) is 0. The Balaban J connectivity index is 0.00000108. The molecule has 1 aromatic carbocycles. The number of hydrogen-bond acceptors (Lipinski definition) is 4. The van der Waals surface area contributed by atoms with E-state index in [1.165, 1.54) is 16.0 Å². The maximum atomic E-state index is 5.65. The van der Waals surface area contributed by atoms with Gasteiger partial charge in [0.25, 0.3) is 0 Å². The van der Waals surface area contributed by atoms with Crippen molar-refractivity contribution in [1.29, 1.82) is 0 Å². The van der Waals surface area contributed by atoms with Crippen LogP contribution in [0.25, 0.3) is 10.4 Å². The van der Waals surface area contributed by atoms with E-state index in [9.17, 15) is 0 Å². The lowest BCUT2D eigenvalue weighted by atomic mass is 10.1. The molecule has 0 radical (unpaired) electrons. The maximum Gasteiger partial charge on any atom is 0.123 e. The number of thiazole rings is 1. The largest absolute Gasteiger partial charge is 0.492 e. The third-order valence-electron chi connectivity index (χ3n) is 2.63. The second kappa shape index (κ2) is 5.49. The van der Waals surface area contributed by atoms with E-state index in [-0.39, 0.29) is 12.4 Å². The Morgan fingerprint density at radius 3 is 3.12 bits per heavy atom. The van der Waals surface area contributed by atoms with Crippen LogP contribution >= 0.6 is 23.7 Å². The van der Waals surface area contributed by atoms with Gasteiger partial charge in [0.2, 0.25) is 0 Å². The van der Waals surface area contributed by atoms with Gasteiger partial charge in [-0.15, -0.1) is 23.7 Å². The molecule has 0 fully saturated rings. The molecule has 17 heavy (non-hydrogen) atoms. The van der Waals surface area contributed by atoms with Gasteiger partial charge in [0.05, 0.1) is 10.4 Å². The lowest BCUT2D eigenvalue weighted by molar-refractivity contribution is 0.326. The average molecular weight is 269 g/mol. The van der Waals surface area contributed by atoms with Crippen LogP contribution in [0.15, 0.2) is 29.9 Å². The highest BCUT2D eigenvalue weighted by molar-refractivity contribution is 7.13. The summed E-state index contributed by atoms with van der Waals surface area (Å²) >= 11 is 1.66. The molecule has 0 amide bonds. The van der Waals surface area contributed by atoms with Gasteiger partial charge in [0, 0.05) is 24.8 Å².